The zero-order valence-electron chi connectivity index (χ0n) is 16.8. The molecule has 0 aromatic heterocycles. The molecule has 1 N–H and O–H groups in total. The molecule has 0 spiro atoms. The van der Waals surface area contributed by atoms with Crippen LogP contribution in [-0.2, 0) is 32.3 Å². The molecule has 0 bridgehead atoms. The van der Waals surface area contributed by atoms with Crippen molar-refractivity contribution in [2.75, 3.05) is 0 Å². The summed E-state index contributed by atoms with van der Waals surface area (Å²) in [6, 6.07) is 4.90. The van der Waals surface area contributed by atoms with Crippen LogP contribution in [0.25, 0.3) is 0 Å². The van der Waals surface area contributed by atoms with Gasteiger partial charge in [0.25, 0.3) is 0 Å². The van der Waals surface area contributed by atoms with Crippen molar-refractivity contribution in [3.8, 4) is 5.75 Å². The van der Waals surface area contributed by atoms with E-state index in [4.69, 9.17) is 9.47 Å². The topological polar surface area (TPSA) is 72.8 Å². The standard InChI is InChI=1S/C22H34O5/c1-3-5-7-9-11-21(24)26-16-18-13-19(15-20(23)14-18)17-27-22(25)12-10-8-6-4-2/h13-15,23H,3-12,16-17H2,1-2H3. The molecule has 0 saturated carbocycles. The highest BCUT2D eigenvalue weighted by Gasteiger charge is 2.08. The van der Waals surface area contributed by atoms with Gasteiger partial charge in [-0.2, -0.15) is 0 Å². The smallest absolute Gasteiger partial charge is 0.306 e. The SMILES string of the molecule is CCCCCCC(=O)OCc1cc(O)cc(COC(=O)CCCCCC)c1. The molecule has 0 fully saturated rings. The first-order chi connectivity index (χ1) is 13.0. The molecule has 0 atom stereocenters. The first-order valence-corrected chi connectivity index (χ1v) is 10.2. The minimum atomic E-state index is -0.227. The molecule has 27 heavy (non-hydrogen) atoms. The van der Waals surface area contributed by atoms with Crippen molar-refractivity contribution in [2.24, 2.45) is 0 Å². The zero-order chi connectivity index (χ0) is 19.9. The summed E-state index contributed by atoms with van der Waals surface area (Å²) in [6.45, 7) is 4.47. The van der Waals surface area contributed by atoms with E-state index >= 15 is 0 Å². The first-order valence-electron chi connectivity index (χ1n) is 10.2. The maximum Gasteiger partial charge on any atom is 0.306 e. The fourth-order valence-corrected chi connectivity index (χ4v) is 2.77. The quantitative estimate of drug-likeness (QED) is 0.346. The molecule has 0 amide bonds. The fraction of sp³-hybridized carbons (Fsp3) is 0.636. The molecule has 0 saturated heterocycles. The zero-order valence-corrected chi connectivity index (χ0v) is 16.8. The van der Waals surface area contributed by atoms with Crippen molar-refractivity contribution in [2.45, 2.75) is 91.3 Å². The summed E-state index contributed by atoms with van der Waals surface area (Å²) in [5.41, 5.74) is 1.37. The number of esters is 2. The van der Waals surface area contributed by atoms with Gasteiger partial charge in [-0.3, -0.25) is 9.59 Å². The molecule has 1 rings (SSSR count). The summed E-state index contributed by atoms with van der Waals surface area (Å²) in [7, 11) is 0. The van der Waals surface area contributed by atoms with E-state index in [1.165, 1.54) is 0 Å². The molecular weight excluding hydrogens is 344 g/mol. The van der Waals surface area contributed by atoms with Crippen LogP contribution < -0.4 is 0 Å². The van der Waals surface area contributed by atoms with Crippen LogP contribution in [0.4, 0.5) is 0 Å². The number of rotatable bonds is 14. The van der Waals surface area contributed by atoms with E-state index in [1.807, 2.05) is 0 Å². The Kier molecular flexibility index (Phi) is 12.0. The number of hydrogen-bond acceptors (Lipinski definition) is 5. The Morgan fingerprint density at radius 1 is 0.741 bits per heavy atom. The van der Waals surface area contributed by atoms with Crippen LogP contribution >= 0.6 is 0 Å². The first kappa shape index (κ1) is 23.0. The number of benzene rings is 1. The number of hydrogen-bond donors (Lipinski definition) is 1. The van der Waals surface area contributed by atoms with E-state index in [0.29, 0.717) is 24.0 Å². The molecule has 0 heterocycles. The number of ether oxygens (including phenoxy) is 2. The fourth-order valence-electron chi connectivity index (χ4n) is 2.77. The highest BCUT2D eigenvalue weighted by atomic mass is 16.5. The third-order valence-electron chi connectivity index (χ3n) is 4.31. The highest BCUT2D eigenvalue weighted by Crippen LogP contribution is 2.18. The van der Waals surface area contributed by atoms with Crippen molar-refractivity contribution in [1.82, 2.24) is 0 Å². The van der Waals surface area contributed by atoms with Gasteiger partial charge in [-0.15, -0.1) is 0 Å². The Hall–Kier alpha value is -2.04. The summed E-state index contributed by atoms with van der Waals surface area (Å²) >= 11 is 0. The van der Waals surface area contributed by atoms with Crippen molar-refractivity contribution in [1.29, 1.82) is 0 Å². The number of phenols is 1. The van der Waals surface area contributed by atoms with E-state index < -0.39 is 0 Å². The molecule has 0 aliphatic rings. The van der Waals surface area contributed by atoms with Crippen molar-refractivity contribution >= 4 is 11.9 Å². The summed E-state index contributed by atoms with van der Waals surface area (Å²) in [6.07, 6.45) is 9.09. The number of carbonyl (C=O) groups is 2. The van der Waals surface area contributed by atoms with Gasteiger partial charge >= 0.3 is 11.9 Å². The largest absolute Gasteiger partial charge is 0.508 e. The summed E-state index contributed by atoms with van der Waals surface area (Å²) < 4.78 is 10.5. The van der Waals surface area contributed by atoms with Gasteiger partial charge in [0.15, 0.2) is 0 Å². The van der Waals surface area contributed by atoms with Crippen LogP contribution in [0, 0.1) is 0 Å². The third kappa shape index (κ3) is 11.3. The number of aromatic hydroxyl groups is 1. The number of carbonyl (C=O) groups excluding carboxylic acids is 2. The predicted molar refractivity (Wildman–Crippen MR) is 105 cm³/mol. The Morgan fingerprint density at radius 2 is 1.19 bits per heavy atom. The van der Waals surface area contributed by atoms with Crippen LogP contribution in [0.15, 0.2) is 18.2 Å². The molecule has 5 heteroatoms. The van der Waals surface area contributed by atoms with E-state index in [9.17, 15) is 14.7 Å². The van der Waals surface area contributed by atoms with Gasteiger partial charge in [0.05, 0.1) is 0 Å². The average molecular weight is 379 g/mol. The minimum absolute atomic E-state index is 0.0699. The predicted octanol–water partition coefficient (Wildman–Crippen LogP) is 5.42. The van der Waals surface area contributed by atoms with Gasteiger partial charge in [0.2, 0.25) is 0 Å². The van der Waals surface area contributed by atoms with Crippen LogP contribution in [0.1, 0.15) is 89.2 Å². The van der Waals surface area contributed by atoms with E-state index in [1.54, 1.807) is 18.2 Å². The second-order valence-corrected chi connectivity index (χ2v) is 6.95. The van der Waals surface area contributed by atoms with Gasteiger partial charge in [-0.05, 0) is 42.2 Å². The number of unbranched alkanes of at least 4 members (excludes halogenated alkanes) is 6. The van der Waals surface area contributed by atoms with Crippen LogP contribution in [0.3, 0.4) is 0 Å². The Bertz CT molecular complexity index is 522. The second-order valence-electron chi connectivity index (χ2n) is 6.95. The molecule has 0 unspecified atom stereocenters. The van der Waals surface area contributed by atoms with Gasteiger partial charge in [0.1, 0.15) is 19.0 Å². The molecule has 1 aromatic rings. The summed E-state index contributed by atoms with van der Waals surface area (Å²) in [4.78, 5) is 23.5. The lowest BCUT2D eigenvalue weighted by molar-refractivity contribution is -0.145. The Balaban J connectivity index is 2.38. The minimum Gasteiger partial charge on any atom is -0.508 e. The summed E-state index contributed by atoms with van der Waals surface area (Å²) in [5, 5.41) is 9.84. The lowest BCUT2D eigenvalue weighted by atomic mass is 10.1. The lowest BCUT2D eigenvalue weighted by Gasteiger charge is -2.09. The maximum absolute atomic E-state index is 11.8. The molecule has 152 valence electrons. The molecule has 0 radical (unpaired) electrons. The van der Waals surface area contributed by atoms with E-state index in [-0.39, 0.29) is 30.9 Å². The molecular formula is C22H34O5. The monoisotopic (exact) mass is 378 g/mol. The van der Waals surface area contributed by atoms with Crippen LogP contribution in [-0.4, -0.2) is 17.0 Å². The Labute approximate surface area is 163 Å². The second kappa shape index (κ2) is 14.1. The van der Waals surface area contributed by atoms with Crippen molar-refractivity contribution in [3.63, 3.8) is 0 Å². The van der Waals surface area contributed by atoms with Crippen molar-refractivity contribution < 1.29 is 24.2 Å². The normalized spacial score (nSPS) is 10.6. The third-order valence-corrected chi connectivity index (χ3v) is 4.31. The molecule has 0 aliphatic carbocycles. The van der Waals surface area contributed by atoms with Crippen LogP contribution in [0.5, 0.6) is 5.75 Å². The van der Waals surface area contributed by atoms with Crippen LogP contribution in [0.2, 0.25) is 0 Å². The van der Waals surface area contributed by atoms with E-state index in [0.717, 1.165) is 51.4 Å². The number of phenolic OH excluding ortho intramolecular Hbond substituents is 1. The maximum atomic E-state index is 11.8. The van der Waals surface area contributed by atoms with E-state index in [2.05, 4.69) is 13.8 Å². The molecule has 5 nitrogen and oxygen atoms in total. The molecule has 1 aromatic carbocycles. The average Bonchev–Trinajstić information content (AvgIpc) is 2.65. The van der Waals surface area contributed by atoms with Gasteiger partial charge in [0, 0.05) is 12.8 Å². The van der Waals surface area contributed by atoms with Gasteiger partial charge < -0.3 is 14.6 Å². The highest BCUT2D eigenvalue weighted by molar-refractivity contribution is 5.69. The van der Waals surface area contributed by atoms with Crippen molar-refractivity contribution in [3.05, 3.63) is 29.3 Å². The lowest BCUT2D eigenvalue weighted by Crippen LogP contribution is -2.06. The Morgan fingerprint density at radius 3 is 1.59 bits per heavy atom. The van der Waals surface area contributed by atoms with Gasteiger partial charge in [-0.1, -0.05) is 52.4 Å². The van der Waals surface area contributed by atoms with Gasteiger partial charge in [-0.25, -0.2) is 0 Å². The molecule has 0 aliphatic heterocycles. The summed E-state index contributed by atoms with van der Waals surface area (Å²) in [5.74, 6) is -0.385.